The highest BCUT2D eigenvalue weighted by atomic mass is 35.5. The molecular weight excluding hydrogens is 468 g/mol. The summed E-state index contributed by atoms with van der Waals surface area (Å²) in [4.78, 5) is 40.3. The molecule has 0 saturated heterocycles. The SMILES string of the molecule is O=C(NCc1ccc(F)cc1F)c1cn2c(c(O)c1=O)C(=O)N1C[C@H]2CCc2cc(Cl)ccc21. The van der Waals surface area contributed by atoms with E-state index in [2.05, 4.69) is 5.32 Å². The van der Waals surface area contributed by atoms with Crippen molar-refractivity contribution in [3.63, 3.8) is 0 Å². The molecule has 0 aliphatic carbocycles. The van der Waals surface area contributed by atoms with Crippen molar-refractivity contribution in [3.8, 4) is 5.75 Å². The lowest BCUT2D eigenvalue weighted by molar-refractivity contribution is 0.0929. The predicted octanol–water partition coefficient (Wildman–Crippen LogP) is 3.56. The molecule has 1 atom stereocenters. The van der Waals surface area contributed by atoms with Gasteiger partial charge in [0, 0.05) is 41.6 Å². The first-order valence-corrected chi connectivity index (χ1v) is 10.9. The monoisotopic (exact) mass is 485 g/mol. The fraction of sp³-hybridized carbons (Fsp3) is 0.208. The zero-order chi connectivity index (χ0) is 24.1. The molecule has 7 nitrogen and oxygen atoms in total. The number of anilines is 1. The Kier molecular flexibility index (Phi) is 5.36. The summed E-state index contributed by atoms with van der Waals surface area (Å²) in [6.45, 7) is 0.00370. The number of hydrogen-bond donors (Lipinski definition) is 2. The number of aromatic hydroxyl groups is 1. The van der Waals surface area contributed by atoms with Crippen molar-refractivity contribution in [2.24, 2.45) is 0 Å². The maximum Gasteiger partial charge on any atom is 0.279 e. The van der Waals surface area contributed by atoms with Gasteiger partial charge in [-0.05, 0) is 42.7 Å². The smallest absolute Gasteiger partial charge is 0.279 e. The molecule has 0 radical (unpaired) electrons. The summed E-state index contributed by atoms with van der Waals surface area (Å²) in [6.07, 6.45) is 2.44. The van der Waals surface area contributed by atoms with Gasteiger partial charge in [0.05, 0.1) is 6.04 Å². The molecule has 0 spiro atoms. The van der Waals surface area contributed by atoms with Crippen LogP contribution in [-0.2, 0) is 13.0 Å². The van der Waals surface area contributed by atoms with Crippen LogP contribution in [0.25, 0.3) is 0 Å². The van der Waals surface area contributed by atoms with Crippen molar-refractivity contribution in [1.82, 2.24) is 9.88 Å². The highest BCUT2D eigenvalue weighted by Crippen LogP contribution is 2.38. The average molecular weight is 486 g/mol. The molecule has 3 heterocycles. The predicted molar refractivity (Wildman–Crippen MR) is 120 cm³/mol. The molecular formula is C24H18ClF2N3O4. The maximum absolute atomic E-state index is 13.9. The molecule has 10 heteroatoms. The van der Waals surface area contributed by atoms with Crippen LogP contribution in [0.3, 0.4) is 0 Å². The van der Waals surface area contributed by atoms with Crippen LogP contribution in [0.4, 0.5) is 14.5 Å². The first-order chi connectivity index (χ1) is 16.2. The van der Waals surface area contributed by atoms with E-state index in [0.29, 0.717) is 36.2 Å². The number of nitrogens with zero attached hydrogens (tertiary/aromatic N) is 2. The van der Waals surface area contributed by atoms with Gasteiger partial charge in [0.25, 0.3) is 11.8 Å². The third-order valence-electron chi connectivity index (χ3n) is 6.22. The molecule has 5 rings (SSSR count). The zero-order valence-corrected chi connectivity index (χ0v) is 18.4. The standard InChI is InChI=1S/C24H18ClF2N3O4/c25-14-3-6-19-12(7-14)2-5-16-10-30(19)24(34)20-22(32)21(31)17(11-29(16)20)23(33)28-9-13-1-4-15(26)8-18(13)27/h1,3-4,6-8,11,16,32H,2,5,9-10H2,(H,28,33)/t16-/m1/s1. The van der Waals surface area contributed by atoms with Gasteiger partial charge in [-0.2, -0.15) is 0 Å². The first-order valence-electron chi connectivity index (χ1n) is 10.5. The number of aromatic nitrogens is 1. The molecule has 2 amide bonds. The zero-order valence-electron chi connectivity index (χ0n) is 17.6. The van der Waals surface area contributed by atoms with Crippen molar-refractivity contribution < 1.29 is 23.5 Å². The Morgan fingerprint density at radius 3 is 2.74 bits per heavy atom. The molecule has 174 valence electrons. The van der Waals surface area contributed by atoms with Crippen molar-refractivity contribution in [2.45, 2.75) is 25.4 Å². The number of fused-ring (bicyclic) bond motifs is 6. The van der Waals surface area contributed by atoms with Crippen LogP contribution >= 0.6 is 11.6 Å². The van der Waals surface area contributed by atoms with Crippen molar-refractivity contribution in [1.29, 1.82) is 0 Å². The average Bonchev–Trinajstić information content (AvgIpc) is 2.96. The highest BCUT2D eigenvalue weighted by molar-refractivity contribution is 6.30. The summed E-state index contributed by atoms with van der Waals surface area (Å²) in [5.74, 6) is -3.82. The molecule has 0 fully saturated rings. The molecule has 3 aromatic rings. The summed E-state index contributed by atoms with van der Waals surface area (Å²) >= 11 is 6.12. The molecule has 2 bridgehead atoms. The fourth-order valence-corrected chi connectivity index (χ4v) is 4.70. The number of nitrogens with one attached hydrogen (secondary N) is 1. The molecule has 2 N–H and O–H groups in total. The number of pyridine rings is 1. The van der Waals surface area contributed by atoms with Crippen molar-refractivity contribution >= 4 is 29.1 Å². The van der Waals surface area contributed by atoms with E-state index >= 15 is 0 Å². The van der Waals surface area contributed by atoms with Crippen LogP contribution in [0.2, 0.25) is 5.02 Å². The van der Waals surface area contributed by atoms with Crippen LogP contribution in [0, 0.1) is 11.6 Å². The van der Waals surface area contributed by atoms with Crippen molar-refractivity contribution in [3.05, 3.63) is 91.9 Å². The second-order valence-electron chi connectivity index (χ2n) is 8.28. The fourth-order valence-electron chi connectivity index (χ4n) is 4.50. The van der Waals surface area contributed by atoms with Crippen LogP contribution in [0.15, 0.2) is 47.4 Å². The summed E-state index contributed by atoms with van der Waals surface area (Å²) in [7, 11) is 0. The Labute approximate surface area is 197 Å². The van der Waals surface area contributed by atoms with Crippen LogP contribution in [-0.4, -0.2) is 28.0 Å². The number of halogens is 3. The van der Waals surface area contributed by atoms with Gasteiger partial charge in [-0.3, -0.25) is 14.4 Å². The number of carbonyl (C=O) groups is 2. The van der Waals surface area contributed by atoms with E-state index in [1.165, 1.54) is 21.7 Å². The number of amides is 2. The van der Waals surface area contributed by atoms with E-state index in [9.17, 15) is 28.3 Å². The third kappa shape index (κ3) is 3.62. The molecule has 0 unspecified atom stereocenters. The maximum atomic E-state index is 13.9. The van der Waals surface area contributed by atoms with Gasteiger partial charge >= 0.3 is 0 Å². The minimum absolute atomic E-state index is 0.0306. The highest BCUT2D eigenvalue weighted by Gasteiger charge is 2.38. The molecule has 0 saturated carbocycles. The van der Waals surface area contributed by atoms with Crippen LogP contribution in [0.1, 0.15) is 44.4 Å². The molecule has 2 aliphatic rings. The normalized spacial score (nSPS) is 16.5. The molecule has 2 aliphatic heterocycles. The molecule has 1 aromatic heterocycles. The van der Waals surface area contributed by atoms with E-state index in [1.54, 1.807) is 18.2 Å². The largest absolute Gasteiger partial charge is 0.503 e. The number of aryl methyl sites for hydroxylation is 1. The summed E-state index contributed by atoms with van der Waals surface area (Å²) in [5, 5.41) is 13.6. The Balaban J connectivity index is 1.50. The van der Waals surface area contributed by atoms with Gasteiger partial charge in [-0.1, -0.05) is 17.7 Å². The number of rotatable bonds is 3. The summed E-state index contributed by atoms with van der Waals surface area (Å²) < 4.78 is 28.5. The van der Waals surface area contributed by atoms with Crippen LogP contribution < -0.4 is 15.6 Å². The Bertz CT molecular complexity index is 1420. The first kappa shape index (κ1) is 22.1. The quantitative estimate of drug-likeness (QED) is 0.593. The van der Waals surface area contributed by atoms with E-state index in [1.807, 2.05) is 0 Å². The minimum atomic E-state index is -1.01. The summed E-state index contributed by atoms with van der Waals surface area (Å²) in [5.41, 5.74) is -0.00747. The lowest BCUT2D eigenvalue weighted by Gasteiger charge is -2.35. The second-order valence-corrected chi connectivity index (χ2v) is 8.71. The van der Waals surface area contributed by atoms with Gasteiger partial charge in [0.2, 0.25) is 5.43 Å². The number of carbonyl (C=O) groups excluding carboxylic acids is 2. The van der Waals surface area contributed by atoms with Crippen LogP contribution in [0.5, 0.6) is 5.75 Å². The van der Waals surface area contributed by atoms with Gasteiger partial charge in [0.1, 0.15) is 17.2 Å². The summed E-state index contributed by atoms with van der Waals surface area (Å²) in [6, 6.07) is 7.82. The van der Waals surface area contributed by atoms with Gasteiger partial charge in [-0.15, -0.1) is 0 Å². The molecule has 2 aromatic carbocycles. The number of hydrogen-bond acceptors (Lipinski definition) is 4. The van der Waals surface area contributed by atoms with E-state index in [0.717, 1.165) is 11.6 Å². The topological polar surface area (TPSA) is 91.6 Å². The lowest BCUT2D eigenvalue weighted by Crippen LogP contribution is -2.44. The number of benzene rings is 2. The third-order valence-corrected chi connectivity index (χ3v) is 6.46. The minimum Gasteiger partial charge on any atom is -0.503 e. The lowest BCUT2D eigenvalue weighted by atomic mass is 10.0. The second kappa shape index (κ2) is 8.25. The van der Waals surface area contributed by atoms with Crippen molar-refractivity contribution in [2.75, 3.05) is 11.4 Å². The Morgan fingerprint density at radius 2 is 1.97 bits per heavy atom. The molecule has 34 heavy (non-hydrogen) atoms. The Hall–Kier alpha value is -3.72. The van der Waals surface area contributed by atoms with E-state index in [4.69, 9.17) is 11.6 Å². The van der Waals surface area contributed by atoms with Gasteiger partial charge in [-0.25, -0.2) is 8.78 Å². The van der Waals surface area contributed by atoms with E-state index < -0.39 is 34.6 Å². The van der Waals surface area contributed by atoms with E-state index in [-0.39, 0.29) is 29.4 Å². The Morgan fingerprint density at radius 1 is 1.18 bits per heavy atom. The van der Waals surface area contributed by atoms with Gasteiger partial charge < -0.3 is 19.9 Å². The van der Waals surface area contributed by atoms with Gasteiger partial charge in [0.15, 0.2) is 11.4 Å².